The molecule has 7 nitrogen and oxygen atoms in total. The Morgan fingerprint density at radius 2 is 1.87 bits per heavy atom. The third-order valence-corrected chi connectivity index (χ3v) is 6.33. The Labute approximate surface area is 173 Å². The first-order valence-electron chi connectivity index (χ1n) is 10.1. The van der Waals surface area contributed by atoms with Crippen molar-refractivity contribution in [2.75, 3.05) is 13.1 Å². The summed E-state index contributed by atoms with van der Waals surface area (Å²) in [5, 5.41) is 11.0. The van der Waals surface area contributed by atoms with Crippen molar-refractivity contribution in [3.05, 3.63) is 44.5 Å². The molecule has 0 bridgehead atoms. The molecule has 3 aromatic rings. The first kappa shape index (κ1) is 20.2. The normalized spacial score (nSPS) is 17.1. The minimum absolute atomic E-state index is 0.121. The summed E-state index contributed by atoms with van der Waals surface area (Å²) >= 11 is 0. The zero-order valence-corrected chi connectivity index (χ0v) is 17.6. The smallest absolute Gasteiger partial charge is 0.340 e. The first-order chi connectivity index (χ1) is 14.2. The Morgan fingerprint density at radius 3 is 2.57 bits per heavy atom. The molecule has 7 heteroatoms. The quantitative estimate of drug-likeness (QED) is 0.661. The van der Waals surface area contributed by atoms with Gasteiger partial charge in [0.25, 0.3) is 0 Å². The van der Waals surface area contributed by atoms with Crippen LogP contribution >= 0.6 is 0 Å². The van der Waals surface area contributed by atoms with Crippen LogP contribution in [0, 0.1) is 33.6 Å². The fraction of sp³-hybridized carbons (Fsp3) is 0.435. The van der Waals surface area contributed by atoms with Crippen molar-refractivity contribution >= 4 is 33.8 Å². The maximum absolute atomic E-state index is 12.9. The number of carbonyl (C=O) groups excluding carboxylic acids is 1. The fourth-order valence-electron chi connectivity index (χ4n) is 4.50. The Bertz CT molecular complexity index is 1250. The highest BCUT2D eigenvalue weighted by molar-refractivity contribution is 6.07. The fourth-order valence-corrected chi connectivity index (χ4v) is 4.50. The van der Waals surface area contributed by atoms with E-state index in [0.29, 0.717) is 47.1 Å². The number of hydrogen-bond donors (Lipinski definition) is 1. The molecule has 1 amide bonds. The van der Waals surface area contributed by atoms with E-state index in [4.69, 9.17) is 8.83 Å². The van der Waals surface area contributed by atoms with Crippen molar-refractivity contribution in [2.45, 2.75) is 47.0 Å². The molecular weight excluding hydrogens is 386 g/mol. The number of aryl methyl sites for hydroxylation is 4. The number of nitrogens with zero attached hydrogens (tertiary/aromatic N) is 1. The van der Waals surface area contributed by atoms with Gasteiger partial charge in [-0.2, -0.15) is 0 Å². The van der Waals surface area contributed by atoms with Gasteiger partial charge >= 0.3 is 11.6 Å². The average molecular weight is 411 g/mol. The van der Waals surface area contributed by atoms with Crippen LogP contribution in [-0.2, 0) is 16.0 Å². The number of furan rings is 1. The van der Waals surface area contributed by atoms with E-state index >= 15 is 0 Å². The van der Waals surface area contributed by atoms with Crippen molar-refractivity contribution < 1.29 is 23.5 Å². The summed E-state index contributed by atoms with van der Waals surface area (Å²) in [5.41, 5.74) is 3.53. The number of carboxylic acid groups (broad SMARTS) is 1. The molecule has 0 spiro atoms. The SMILES string of the molecule is Cc1oc2c(c(C)cc3oc(=O)c(CC(=O)N4CCCC(C(=O)O)C4)c(C)c32)c1C. The molecule has 1 aliphatic heterocycles. The number of fused-ring (bicyclic) bond motifs is 3. The predicted molar refractivity (Wildman–Crippen MR) is 112 cm³/mol. The number of benzene rings is 1. The molecule has 4 rings (SSSR count). The third kappa shape index (κ3) is 3.18. The Balaban J connectivity index is 1.78. The van der Waals surface area contributed by atoms with Gasteiger partial charge < -0.3 is 18.8 Å². The van der Waals surface area contributed by atoms with Crippen LogP contribution < -0.4 is 5.63 Å². The van der Waals surface area contributed by atoms with Gasteiger partial charge in [-0.05, 0) is 63.3 Å². The third-order valence-electron chi connectivity index (χ3n) is 6.33. The predicted octanol–water partition coefficient (Wildman–Crippen LogP) is 3.64. The molecule has 2 aromatic heterocycles. The van der Waals surface area contributed by atoms with Crippen LogP contribution in [0.25, 0.3) is 21.9 Å². The van der Waals surface area contributed by atoms with Gasteiger partial charge in [-0.25, -0.2) is 4.79 Å². The molecule has 1 fully saturated rings. The molecule has 1 N–H and O–H groups in total. The van der Waals surface area contributed by atoms with Crippen LogP contribution in [-0.4, -0.2) is 35.0 Å². The minimum atomic E-state index is -0.893. The highest BCUT2D eigenvalue weighted by Gasteiger charge is 2.29. The van der Waals surface area contributed by atoms with E-state index in [1.807, 2.05) is 26.8 Å². The number of carbonyl (C=O) groups is 2. The number of likely N-dealkylation sites (tertiary alicyclic amines) is 1. The molecule has 0 aliphatic carbocycles. The maximum atomic E-state index is 12.9. The zero-order valence-electron chi connectivity index (χ0n) is 17.6. The van der Waals surface area contributed by atoms with E-state index < -0.39 is 17.5 Å². The summed E-state index contributed by atoms with van der Waals surface area (Å²) < 4.78 is 11.6. The van der Waals surface area contributed by atoms with Crippen molar-refractivity contribution in [2.24, 2.45) is 5.92 Å². The Hall–Kier alpha value is -3.09. The molecule has 0 radical (unpaired) electrons. The van der Waals surface area contributed by atoms with Gasteiger partial charge in [0.1, 0.15) is 16.9 Å². The Kier molecular flexibility index (Phi) is 4.92. The van der Waals surface area contributed by atoms with Crippen LogP contribution in [0.2, 0.25) is 0 Å². The number of amides is 1. The second-order valence-corrected chi connectivity index (χ2v) is 8.24. The van der Waals surface area contributed by atoms with E-state index in [1.165, 1.54) is 4.90 Å². The van der Waals surface area contributed by atoms with Crippen molar-refractivity contribution in [3.8, 4) is 0 Å². The van der Waals surface area contributed by atoms with Gasteiger partial charge in [0, 0.05) is 18.5 Å². The summed E-state index contributed by atoms with van der Waals surface area (Å²) in [5.74, 6) is -0.911. The average Bonchev–Trinajstić information content (AvgIpc) is 2.99. The van der Waals surface area contributed by atoms with Crippen LogP contribution in [0.15, 0.2) is 19.7 Å². The number of carboxylic acids is 1. The maximum Gasteiger partial charge on any atom is 0.340 e. The first-order valence-corrected chi connectivity index (χ1v) is 10.1. The summed E-state index contributed by atoms with van der Waals surface area (Å²) in [6, 6.07) is 1.84. The van der Waals surface area contributed by atoms with Gasteiger partial charge in [-0.15, -0.1) is 0 Å². The number of rotatable bonds is 3. The van der Waals surface area contributed by atoms with E-state index in [2.05, 4.69) is 0 Å². The van der Waals surface area contributed by atoms with Gasteiger partial charge in [-0.1, -0.05) is 0 Å². The second kappa shape index (κ2) is 7.31. The lowest BCUT2D eigenvalue weighted by atomic mass is 9.96. The minimum Gasteiger partial charge on any atom is -0.481 e. The van der Waals surface area contributed by atoms with Gasteiger partial charge in [-0.3, -0.25) is 9.59 Å². The molecule has 0 saturated carbocycles. The Morgan fingerprint density at radius 1 is 1.13 bits per heavy atom. The summed E-state index contributed by atoms with van der Waals surface area (Å²) in [7, 11) is 0. The lowest BCUT2D eigenvalue weighted by Crippen LogP contribution is -2.43. The molecule has 1 atom stereocenters. The van der Waals surface area contributed by atoms with Gasteiger partial charge in [0.05, 0.1) is 23.3 Å². The standard InChI is InChI=1S/C23H25NO6/c1-11-8-17-20(21-19(11)12(2)14(4)29-21)13(3)16(23(28)30-17)9-18(25)24-7-5-6-15(10-24)22(26)27/h8,15H,5-7,9-10H2,1-4H3,(H,26,27). The number of piperidine rings is 1. The van der Waals surface area contributed by atoms with Crippen molar-refractivity contribution in [3.63, 3.8) is 0 Å². The molecule has 1 aliphatic rings. The van der Waals surface area contributed by atoms with Crippen LogP contribution in [0.4, 0.5) is 0 Å². The summed E-state index contributed by atoms with van der Waals surface area (Å²) in [4.78, 5) is 38.4. The number of hydrogen-bond acceptors (Lipinski definition) is 5. The summed E-state index contributed by atoms with van der Waals surface area (Å²) in [6.07, 6.45) is 1.08. The summed E-state index contributed by atoms with van der Waals surface area (Å²) in [6.45, 7) is 8.32. The largest absolute Gasteiger partial charge is 0.481 e. The van der Waals surface area contributed by atoms with Crippen molar-refractivity contribution in [1.29, 1.82) is 0 Å². The van der Waals surface area contributed by atoms with Crippen LogP contribution in [0.3, 0.4) is 0 Å². The molecule has 1 saturated heterocycles. The molecule has 3 heterocycles. The lowest BCUT2D eigenvalue weighted by Gasteiger charge is -2.30. The van der Waals surface area contributed by atoms with E-state index in [-0.39, 0.29) is 18.9 Å². The van der Waals surface area contributed by atoms with Crippen molar-refractivity contribution in [1.82, 2.24) is 4.90 Å². The van der Waals surface area contributed by atoms with E-state index in [1.54, 1.807) is 6.92 Å². The van der Waals surface area contributed by atoms with Crippen LogP contribution in [0.1, 0.15) is 40.9 Å². The lowest BCUT2D eigenvalue weighted by molar-refractivity contribution is -0.145. The van der Waals surface area contributed by atoms with Crippen LogP contribution in [0.5, 0.6) is 0 Å². The zero-order chi connectivity index (χ0) is 21.7. The van der Waals surface area contributed by atoms with Gasteiger partial charge in [0.15, 0.2) is 0 Å². The second-order valence-electron chi connectivity index (χ2n) is 8.24. The number of aliphatic carboxylic acids is 1. The highest BCUT2D eigenvalue weighted by Crippen LogP contribution is 2.36. The van der Waals surface area contributed by atoms with E-state index in [9.17, 15) is 19.5 Å². The molecule has 1 aromatic carbocycles. The molecular formula is C23H25NO6. The van der Waals surface area contributed by atoms with Gasteiger partial charge in [0.2, 0.25) is 5.91 Å². The molecule has 30 heavy (non-hydrogen) atoms. The van der Waals surface area contributed by atoms with E-state index in [0.717, 1.165) is 22.3 Å². The molecule has 158 valence electrons. The highest BCUT2D eigenvalue weighted by atomic mass is 16.4. The molecule has 1 unspecified atom stereocenters. The monoisotopic (exact) mass is 411 g/mol. The topological polar surface area (TPSA) is 101 Å².